The SMILES string of the molecule is NC1CCC1N1CC(O)CCC2CCC2CC2CCC2OCC(O)CCC(O)COC2CCC2CC2CCC2CCC(O)C1. The highest BCUT2D eigenvalue weighted by Gasteiger charge is 2.41. The zero-order valence-electron chi connectivity index (χ0n) is 27.3. The summed E-state index contributed by atoms with van der Waals surface area (Å²) in [4.78, 5) is 2.32. The largest absolute Gasteiger partial charge is 0.392 e. The average molecular weight is 621 g/mol. The summed E-state index contributed by atoms with van der Waals surface area (Å²) in [6, 6.07) is 0.440. The Morgan fingerprint density at radius 3 is 1.18 bits per heavy atom. The molecular weight excluding hydrogens is 556 g/mol. The van der Waals surface area contributed by atoms with Crippen molar-refractivity contribution < 1.29 is 29.9 Å². The van der Waals surface area contributed by atoms with Gasteiger partial charge in [0.05, 0.1) is 49.8 Å². The van der Waals surface area contributed by atoms with Gasteiger partial charge in [0.15, 0.2) is 0 Å². The summed E-state index contributed by atoms with van der Waals surface area (Å²) in [5.41, 5.74) is 6.40. The normalized spacial score (nSPS) is 49.0. The monoisotopic (exact) mass is 620 g/mol. The molecule has 0 radical (unpaired) electrons. The fourth-order valence-corrected chi connectivity index (χ4v) is 9.35. The van der Waals surface area contributed by atoms with Crippen molar-refractivity contribution in [3.8, 4) is 0 Å². The highest BCUT2D eigenvalue weighted by molar-refractivity contribution is 4.95. The number of fused-ring (bicyclic) bond motifs is 4. The lowest BCUT2D eigenvalue weighted by Crippen LogP contribution is -2.58. The van der Waals surface area contributed by atoms with Crippen LogP contribution >= 0.6 is 0 Å². The molecule has 1 saturated heterocycles. The van der Waals surface area contributed by atoms with Crippen LogP contribution in [0.2, 0.25) is 0 Å². The van der Waals surface area contributed by atoms with Gasteiger partial charge in [-0.15, -0.1) is 0 Å². The minimum Gasteiger partial charge on any atom is -0.392 e. The minimum atomic E-state index is -0.536. The summed E-state index contributed by atoms with van der Waals surface area (Å²) in [5.74, 6) is 4.01. The zero-order chi connectivity index (χ0) is 30.6. The molecule has 44 heavy (non-hydrogen) atoms. The first-order valence-corrected chi connectivity index (χ1v) is 18.8. The van der Waals surface area contributed by atoms with E-state index in [1.807, 2.05) is 0 Å². The summed E-state index contributed by atoms with van der Waals surface area (Å²) in [5, 5.41) is 43.4. The standard InChI is InChI=1S/C36H64N2O6/c37-33-13-14-34(33)38-19-29(39)9-5-23-1-3-25(23)17-27-7-15-35(27)43-21-31(41)11-12-32(42)22-44-36-16-8-28(36)18-26-4-2-24(26)6-10-30(40)20-38/h23-36,39-42H,1-22,37H2. The molecule has 8 heteroatoms. The molecule has 0 bridgehead atoms. The molecule has 5 aliphatic carbocycles. The number of nitrogens with two attached hydrogens (primary N) is 1. The van der Waals surface area contributed by atoms with Gasteiger partial charge in [-0.05, 0) is 151 Å². The first-order valence-electron chi connectivity index (χ1n) is 18.8. The Balaban J connectivity index is 1.04. The van der Waals surface area contributed by atoms with E-state index < -0.39 is 12.2 Å². The van der Waals surface area contributed by atoms with Crippen LogP contribution in [0.4, 0.5) is 0 Å². The van der Waals surface area contributed by atoms with Crippen molar-refractivity contribution in [1.29, 1.82) is 0 Å². The van der Waals surface area contributed by atoms with Crippen LogP contribution in [0.25, 0.3) is 0 Å². The molecular formula is C36H64N2O6. The first-order chi connectivity index (χ1) is 21.3. The summed E-state index contributed by atoms with van der Waals surface area (Å²) >= 11 is 0. The van der Waals surface area contributed by atoms with E-state index in [1.165, 1.54) is 51.4 Å². The molecule has 5 saturated carbocycles. The number of ether oxygens (including phenoxy) is 2. The molecule has 0 aromatic rings. The predicted octanol–water partition coefficient (Wildman–Crippen LogP) is 4.00. The van der Waals surface area contributed by atoms with Gasteiger partial charge in [0, 0.05) is 25.2 Å². The molecule has 6 N–H and O–H groups in total. The molecule has 6 fully saturated rings. The van der Waals surface area contributed by atoms with Gasteiger partial charge in [-0.25, -0.2) is 0 Å². The topological polar surface area (TPSA) is 129 Å². The first kappa shape index (κ1) is 33.6. The Kier molecular flexibility index (Phi) is 12.0. The molecule has 0 amide bonds. The second kappa shape index (κ2) is 15.7. The lowest BCUT2D eigenvalue weighted by Gasteiger charge is -2.46. The van der Waals surface area contributed by atoms with Crippen LogP contribution in [0.1, 0.15) is 116 Å². The van der Waals surface area contributed by atoms with Gasteiger partial charge in [-0.1, -0.05) is 0 Å². The molecule has 14 atom stereocenters. The minimum absolute atomic E-state index is 0.156. The van der Waals surface area contributed by atoms with E-state index >= 15 is 0 Å². The number of hydrogen-bond acceptors (Lipinski definition) is 8. The summed E-state index contributed by atoms with van der Waals surface area (Å²) < 4.78 is 12.4. The van der Waals surface area contributed by atoms with Crippen molar-refractivity contribution >= 4 is 0 Å². The second-order valence-corrected chi connectivity index (χ2v) is 16.2. The Morgan fingerprint density at radius 1 is 0.432 bits per heavy atom. The average Bonchev–Trinajstić information content (AvgIpc) is 2.93. The Hall–Kier alpha value is -0.320. The van der Waals surface area contributed by atoms with Crippen molar-refractivity contribution in [2.45, 2.75) is 164 Å². The number of aliphatic hydroxyl groups excluding tert-OH is 4. The van der Waals surface area contributed by atoms with E-state index in [9.17, 15) is 20.4 Å². The van der Waals surface area contributed by atoms with Crippen molar-refractivity contribution in [2.24, 2.45) is 41.2 Å². The molecule has 1 heterocycles. The Morgan fingerprint density at radius 2 is 0.841 bits per heavy atom. The quantitative estimate of drug-likeness (QED) is 0.298. The van der Waals surface area contributed by atoms with Crippen LogP contribution < -0.4 is 5.73 Å². The van der Waals surface area contributed by atoms with Crippen LogP contribution in [-0.2, 0) is 9.47 Å². The van der Waals surface area contributed by atoms with Crippen molar-refractivity contribution in [1.82, 2.24) is 4.90 Å². The third kappa shape index (κ3) is 8.58. The van der Waals surface area contributed by atoms with E-state index in [2.05, 4.69) is 4.90 Å². The lowest BCUT2D eigenvalue weighted by molar-refractivity contribution is -0.0995. The van der Waals surface area contributed by atoms with Gasteiger partial charge in [0.25, 0.3) is 0 Å². The van der Waals surface area contributed by atoms with Crippen molar-refractivity contribution in [3.05, 3.63) is 0 Å². The molecule has 0 spiro atoms. The van der Waals surface area contributed by atoms with E-state index in [1.54, 1.807) is 0 Å². The summed E-state index contributed by atoms with van der Waals surface area (Å²) in [6.45, 7) is 1.96. The van der Waals surface area contributed by atoms with Crippen LogP contribution in [0.15, 0.2) is 0 Å². The lowest BCUT2D eigenvalue weighted by atomic mass is 9.64. The number of β-amino-alcohol motifs (C(OH)–C–C–N with tert-alkyl or cyclic N) is 2. The smallest absolute Gasteiger partial charge is 0.0774 e. The molecule has 6 rings (SSSR count). The van der Waals surface area contributed by atoms with Crippen molar-refractivity contribution in [3.63, 3.8) is 0 Å². The van der Waals surface area contributed by atoms with E-state index in [-0.39, 0.29) is 36.5 Å². The maximum atomic E-state index is 11.1. The summed E-state index contributed by atoms with van der Waals surface area (Å²) in [7, 11) is 0. The second-order valence-electron chi connectivity index (χ2n) is 16.2. The maximum absolute atomic E-state index is 11.1. The molecule has 6 aliphatic rings. The predicted molar refractivity (Wildman–Crippen MR) is 171 cm³/mol. The Labute approximate surface area is 266 Å². The van der Waals surface area contributed by atoms with Crippen LogP contribution in [0.5, 0.6) is 0 Å². The Bertz CT molecular complexity index is 820. The fourth-order valence-electron chi connectivity index (χ4n) is 9.35. The third-order valence-electron chi connectivity index (χ3n) is 13.3. The van der Waals surface area contributed by atoms with Crippen molar-refractivity contribution in [2.75, 3.05) is 26.3 Å². The van der Waals surface area contributed by atoms with Gasteiger partial charge in [0.2, 0.25) is 0 Å². The van der Waals surface area contributed by atoms with E-state index in [0.717, 1.165) is 63.2 Å². The van der Waals surface area contributed by atoms with Gasteiger partial charge in [-0.2, -0.15) is 0 Å². The van der Waals surface area contributed by atoms with Crippen LogP contribution in [0, 0.1) is 35.5 Å². The zero-order valence-corrected chi connectivity index (χ0v) is 27.3. The third-order valence-corrected chi connectivity index (χ3v) is 13.3. The van der Waals surface area contributed by atoms with Gasteiger partial charge < -0.3 is 35.6 Å². The highest BCUT2D eigenvalue weighted by Crippen LogP contribution is 2.47. The van der Waals surface area contributed by atoms with E-state index in [0.29, 0.717) is 62.8 Å². The maximum Gasteiger partial charge on any atom is 0.0774 e. The summed E-state index contributed by atoms with van der Waals surface area (Å²) in [6.07, 6.45) is 17.8. The molecule has 1 aliphatic heterocycles. The number of hydrogen-bond donors (Lipinski definition) is 5. The molecule has 0 aromatic heterocycles. The number of aliphatic hydroxyl groups is 4. The highest BCUT2D eigenvalue weighted by atomic mass is 16.5. The fraction of sp³-hybridized carbons (Fsp3) is 1.00. The van der Waals surface area contributed by atoms with Crippen LogP contribution in [0.3, 0.4) is 0 Å². The number of nitrogens with zero attached hydrogens (tertiary/aromatic N) is 1. The van der Waals surface area contributed by atoms with Gasteiger partial charge in [-0.3, -0.25) is 4.90 Å². The van der Waals surface area contributed by atoms with Gasteiger partial charge in [0.1, 0.15) is 0 Å². The van der Waals surface area contributed by atoms with E-state index in [4.69, 9.17) is 15.2 Å². The molecule has 254 valence electrons. The van der Waals surface area contributed by atoms with Gasteiger partial charge >= 0.3 is 0 Å². The molecule has 8 nitrogen and oxygen atoms in total. The molecule has 0 aromatic carbocycles. The number of rotatable bonds is 1. The van der Waals surface area contributed by atoms with Crippen LogP contribution in [-0.4, -0.2) is 100 Å². The molecule has 14 unspecified atom stereocenters.